The van der Waals surface area contributed by atoms with Gasteiger partial charge in [-0.2, -0.15) is 18.3 Å². The number of hydrogen-bond donors (Lipinski definition) is 3. The minimum atomic E-state index is -4.83. The van der Waals surface area contributed by atoms with E-state index in [1.54, 1.807) is 50.7 Å². The molecule has 2 atom stereocenters. The number of alkyl halides is 3. The molecule has 20 heteroatoms. The maximum atomic E-state index is 15.1. The molecule has 3 aliphatic heterocycles. The average molecular weight is 1080 g/mol. The highest BCUT2D eigenvalue weighted by molar-refractivity contribution is 7.22. The van der Waals surface area contributed by atoms with Gasteiger partial charge in [0.15, 0.2) is 10.8 Å². The number of carbonyl (C=O) groups excluding carboxylic acids is 5. The number of anilines is 3. The van der Waals surface area contributed by atoms with Gasteiger partial charge in [0.25, 0.3) is 5.91 Å². The van der Waals surface area contributed by atoms with E-state index in [0.29, 0.717) is 66.3 Å². The number of imide groups is 1. The van der Waals surface area contributed by atoms with Crippen molar-refractivity contribution in [1.29, 1.82) is 0 Å². The van der Waals surface area contributed by atoms with Gasteiger partial charge in [-0.3, -0.25) is 39.4 Å². The summed E-state index contributed by atoms with van der Waals surface area (Å²) < 4.78 is 59.7. The maximum absolute atomic E-state index is 15.1. The van der Waals surface area contributed by atoms with Crippen molar-refractivity contribution < 1.29 is 46.6 Å². The number of amides is 4. The van der Waals surface area contributed by atoms with Gasteiger partial charge in [0.2, 0.25) is 17.7 Å². The zero-order chi connectivity index (χ0) is 55.0. The van der Waals surface area contributed by atoms with Gasteiger partial charge in [-0.25, -0.2) is 14.8 Å². The number of piperidine rings is 2. The molecule has 6 heterocycles. The third-order valence-corrected chi connectivity index (χ3v) is 15.4. The Morgan fingerprint density at radius 2 is 1.65 bits per heavy atom. The summed E-state index contributed by atoms with van der Waals surface area (Å²) >= 11 is 1.37. The number of ether oxygens (including phenoxy) is 2. The van der Waals surface area contributed by atoms with Gasteiger partial charge in [0.1, 0.15) is 17.2 Å². The number of pyridine rings is 1. The zero-order valence-electron chi connectivity index (χ0n) is 44.0. The molecule has 0 aliphatic carbocycles. The normalized spacial score (nSPS) is 16.9. The number of benzene rings is 4. The molecule has 4 amide bonds. The van der Waals surface area contributed by atoms with E-state index in [-0.39, 0.29) is 78.2 Å². The number of aromatic nitrogens is 4. The first-order valence-corrected chi connectivity index (χ1v) is 27.0. The van der Waals surface area contributed by atoms with E-state index in [4.69, 9.17) is 14.5 Å². The van der Waals surface area contributed by atoms with Crippen LogP contribution in [0.5, 0.6) is 5.75 Å². The van der Waals surface area contributed by atoms with E-state index in [1.165, 1.54) is 29.5 Å². The number of aryl methyl sites for hydroxylation is 1. The smallest absolute Gasteiger partial charge is 0.417 e. The molecule has 4 aromatic carbocycles. The van der Waals surface area contributed by atoms with E-state index in [0.717, 1.165) is 57.6 Å². The highest BCUT2D eigenvalue weighted by Gasteiger charge is 2.37. The Balaban J connectivity index is 0.767. The fourth-order valence-corrected chi connectivity index (χ4v) is 11.6. The fourth-order valence-electron chi connectivity index (χ4n) is 10.7. The van der Waals surface area contributed by atoms with Crippen LogP contribution in [0, 0.1) is 11.8 Å². The van der Waals surface area contributed by atoms with Crippen LogP contribution in [0.2, 0.25) is 0 Å². The van der Waals surface area contributed by atoms with Crippen molar-refractivity contribution in [3.05, 3.63) is 125 Å². The third-order valence-electron chi connectivity index (χ3n) is 14.5. The molecule has 78 heavy (non-hydrogen) atoms. The van der Waals surface area contributed by atoms with Crippen LogP contribution in [-0.2, 0) is 45.3 Å². The fraction of sp³-hybridized carbons (Fsp3) is 0.379. The monoisotopic (exact) mass is 1080 g/mol. The summed E-state index contributed by atoms with van der Waals surface area (Å²) in [6.07, 6.45) is -1.17. The number of nitrogens with one attached hydrogen (secondary N) is 3. The number of thiazole rings is 1. The van der Waals surface area contributed by atoms with Gasteiger partial charge in [-0.1, -0.05) is 48.6 Å². The Labute approximate surface area is 452 Å². The molecule has 0 spiro atoms. The van der Waals surface area contributed by atoms with Crippen LogP contribution in [0.4, 0.5) is 29.8 Å². The predicted molar refractivity (Wildman–Crippen MR) is 292 cm³/mol. The Morgan fingerprint density at radius 1 is 0.872 bits per heavy atom. The van der Waals surface area contributed by atoms with E-state index in [9.17, 15) is 24.0 Å². The molecular formula is C58H60F3N9O7S. The van der Waals surface area contributed by atoms with Gasteiger partial charge >= 0.3 is 12.1 Å². The summed E-state index contributed by atoms with van der Waals surface area (Å²) in [6.45, 7) is 9.55. The topological polar surface area (TPSA) is 190 Å². The van der Waals surface area contributed by atoms with E-state index in [1.807, 2.05) is 60.4 Å². The molecule has 10 rings (SSSR count). The Morgan fingerprint density at radius 3 is 2.41 bits per heavy atom. The summed E-state index contributed by atoms with van der Waals surface area (Å²) in [5.74, 6) is -1.83. The molecule has 0 saturated carbocycles. The lowest BCUT2D eigenvalue weighted by atomic mass is 9.88. The van der Waals surface area contributed by atoms with Crippen molar-refractivity contribution in [2.75, 3.05) is 48.3 Å². The minimum absolute atomic E-state index is 0.0116. The van der Waals surface area contributed by atoms with Crippen molar-refractivity contribution >= 4 is 78.7 Å². The number of rotatable bonds is 14. The summed E-state index contributed by atoms with van der Waals surface area (Å²) in [6, 6.07) is 25.4. The zero-order valence-corrected chi connectivity index (χ0v) is 44.8. The maximum Gasteiger partial charge on any atom is 0.417 e. The van der Waals surface area contributed by atoms with Gasteiger partial charge in [-0.05, 0) is 155 Å². The van der Waals surface area contributed by atoms with Crippen LogP contribution in [0.25, 0.3) is 32.2 Å². The van der Waals surface area contributed by atoms with E-state index >= 15 is 13.2 Å². The molecule has 0 bridgehead atoms. The molecule has 2 fully saturated rings. The lowest BCUT2D eigenvalue weighted by molar-refractivity contribution is -0.137. The second kappa shape index (κ2) is 22.0. The highest BCUT2D eigenvalue weighted by Crippen LogP contribution is 2.42. The SMILES string of the molecule is C[C@H](COc1ccc(-c2ccc(N3CCc4cccc(C(=O)Nc5nc6ccccc6s5)c4C3)nc2C(=O)OC(C)(C)C)c(C(F)(F)F)c1)CC1CCN(CC(=O)Nc2ccc3c(C4CCC(=O)NC4=O)nn(C)c3c2)CC1. The number of esters is 1. The Kier molecular flexibility index (Phi) is 15.1. The molecule has 3 aliphatic rings. The van der Waals surface area contributed by atoms with Gasteiger partial charge in [-0.15, -0.1) is 0 Å². The number of likely N-dealkylation sites (tertiary alicyclic amines) is 1. The van der Waals surface area contributed by atoms with Crippen LogP contribution in [0.1, 0.15) is 109 Å². The van der Waals surface area contributed by atoms with Crippen LogP contribution in [0.15, 0.2) is 91.0 Å². The lowest BCUT2D eigenvalue weighted by Gasteiger charge is -2.32. The van der Waals surface area contributed by atoms with Crippen molar-refractivity contribution in [3.63, 3.8) is 0 Å². The molecule has 1 unspecified atom stereocenters. The molecule has 16 nitrogen and oxygen atoms in total. The van der Waals surface area contributed by atoms with Crippen molar-refractivity contribution in [2.24, 2.45) is 18.9 Å². The predicted octanol–water partition coefficient (Wildman–Crippen LogP) is 10.3. The first-order chi connectivity index (χ1) is 37.2. The molecule has 3 N–H and O–H groups in total. The standard InChI is InChI=1S/C58H60F3N9O7S/c1-33(27-34-21-24-69(25-22-34)31-50(72)62-36-13-15-41-46(28-36)68(5)67-51(41)42-18-20-49(71)65-54(42)74)32-76-37-14-16-38(44(29-37)58(59,60)61)39-17-19-48(64-52(39)55(75)77-57(2,3)4)70-26-23-35-9-8-10-40(43(35)30-70)53(73)66-56-63-45-11-6-7-12-47(45)78-56/h6-17,19,28-29,33-34,42H,18,20-27,30-32H2,1-5H3,(H,62,72)(H,63,66,73)(H,65,71,74)/t33-,42?/m0/s1. The molecule has 7 aromatic rings. The summed E-state index contributed by atoms with van der Waals surface area (Å²) in [5, 5.41) is 14.2. The number of nitrogens with zero attached hydrogens (tertiary/aromatic N) is 6. The van der Waals surface area contributed by atoms with E-state index in [2.05, 4.69) is 30.9 Å². The second-order valence-electron chi connectivity index (χ2n) is 21.5. The number of hydrogen-bond acceptors (Lipinski definition) is 13. The summed E-state index contributed by atoms with van der Waals surface area (Å²) in [5.41, 5.74) is 2.37. The number of carbonyl (C=O) groups is 5. The molecule has 406 valence electrons. The number of halogens is 3. The first kappa shape index (κ1) is 53.7. The first-order valence-electron chi connectivity index (χ1n) is 26.2. The van der Waals surface area contributed by atoms with Crippen molar-refractivity contribution in [2.45, 2.75) is 90.5 Å². The van der Waals surface area contributed by atoms with Crippen molar-refractivity contribution in [1.82, 2.24) is 30.0 Å². The molecule has 0 radical (unpaired) electrons. The second-order valence-corrected chi connectivity index (χ2v) is 22.5. The van der Waals surface area contributed by atoms with Crippen LogP contribution >= 0.6 is 11.3 Å². The summed E-state index contributed by atoms with van der Waals surface area (Å²) in [7, 11) is 1.77. The Hall–Kier alpha value is -7.71. The Bertz CT molecular complexity index is 3440. The van der Waals surface area contributed by atoms with Crippen LogP contribution < -0.4 is 25.6 Å². The third kappa shape index (κ3) is 12.0. The lowest BCUT2D eigenvalue weighted by Crippen LogP contribution is -2.39. The largest absolute Gasteiger partial charge is 0.493 e. The molecular weight excluding hydrogens is 1020 g/mol. The van der Waals surface area contributed by atoms with E-state index < -0.39 is 29.2 Å². The quantitative estimate of drug-likeness (QED) is 0.0691. The van der Waals surface area contributed by atoms with Gasteiger partial charge in [0, 0.05) is 48.8 Å². The van der Waals surface area contributed by atoms with Crippen LogP contribution in [-0.4, -0.2) is 92.6 Å². The van der Waals surface area contributed by atoms with Gasteiger partial charge in [0.05, 0.1) is 46.1 Å². The summed E-state index contributed by atoms with van der Waals surface area (Å²) in [4.78, 5) is 78.5. The van der Waals surface area contributed by atoms with Gasteiger partial charge < -0.3 is 19.7 Å². The minimum Gasteiger partial charge on any atom is -0.493 e. The highest BCUT2D eigenvalue weighted by atomic mass is 32.1. The number of fused-ring (bicyclic) bond motifs is 3. The molecule has 2 saturated heterocycles. The average Bonchev–Trinajstić information content (AvgIpc) is 4.14. The molecule has 3 aromatic heterocycles. The van der Waals surface area contributed by atoms with Crippen LogP contribution in [0.3, 0.4) is 0 Å². The van der Waals surface area contributed by atoms with Crippen molar-refractivity contribution in [3.8, 4) is 16.9 Å². The number of para-hydroxylation sites is 1.